The molecule has 110 valence electrons. The van der Waals surface area contributed by atoms with Gasteiger partial charge in [-0.25, -0.2) is 4.79 Å². The van der Waals surface area contributed by atoms with Crippen LogP contribution in [0.15, 0.2) is 0 Å². The maximum atomic E-state index is 11.7. The summed E-state index contributed by atoms with van der Waals surface area (Å²) >= 11 is 0. The van der Waals surface area contributed by atoms with Crippen LogP contribution in [0, 0.1) is 5.92 Å². The summed E-state index contributed by atoms with van der Waals surface area (Å²) in [7, 11) is 0. The first-order valence-electron chi connectivity index (χ1n) is 6.77. The highest BCUT2D eigenvalue weighted by molar-refractivity contribution is 5.74. The molecular formula is C13H24N2O4. The number of hydrogen-bond donors (Lipinski definition) is 3. The van der Waals surface area contributed by atoms with Crippen molar-refractivity contribution in [2.45, 2.75) is 45.1 Å². The van der Waals surface area contributed by atoms with Crippen LogP contribution in [0.1, 0.15) is 39.5 Å². The molecule has 2 amide bonds. The van der Waals surface area contributed by atoms with Gasteiger partial charge in [0, 0.05) is 19.6 Å². The molecule has 1 saturated heterocycles. The molecule has 2 atom stereocenters. The van der Waals surface area contributed by atoms with E-state index in [1.54, 1.807) is 0 Å². The van der Waals surface area contributed by atoms with Crippen LogP contribution in [-0.4, -0.2) is 42.4 Å². The Kier molecular flexibility index (Phi) is 6.08. The molecule has 0 aliphatic carbocycles. The highest BCUT2D eigenvalue weighted by Gasteiger charge is 2.31. The maximum Gasteiger partial charge on any atom is 0.315 e. The number of ether oxygens (including phenoxy) is 1. The van der Waals surface area contributed by atoms with Crippen LogP contribution in [-0.2, 0) is 9.53 Å². The van der Waals surface area contributed by atoms with Crippen LogP contribution in [0.3, 0.4) is 0 Å². The van der Waals surface area contributed by atoms with Crippen LogP contribution < -0.4 is 10.6 Å². The number of urea groups is 1. The Labute approximate surface area is 113 Å². The lowest BCUT2D eigenvalue weighted by Gasteiger charge is -2.23. The van der Waals surface area contributed by atoms with Gasteiger partial charge in [0.05, 0.1) is 12.1 Å². The molecule has 0 radical (unpaired) electrons. The van der Waals surface area contributed by atoms with Gasteiger partial charge in [0.1, 0.15) is 0 Å². The van der Waals surface area contributed by atoms with Crippen molar-refractivity contribution in [3.63, 3.8) is 0 Å². The van der Waals surface area contributed by atoms with Crippen molar-refractivity contribution >= 4 is 12.0 Å². The molecule has 3 N–H and O–H groups in total. The van der Waals surface area contributed by atoms with Crippen molar-refractivity contribution in [3.05, 3.63) is 0 Å². The molecule has 1 aliphatic heterocycles. The third kappa shape index (κ3) is 6.42. The molecule has 1 rings (SSSR count). The summed E-state index contributed by atoms with van der Waals surface area (Å²) in [4.78, 5) is 22.1. The van der Waals surface area contributed by atoms with Crippen molar-refractivity contribution in [1.82, 2.24) is 10.6 Å². The first kappa shape index (κ1) is 15.8. The van der Waals surface area contributed by atoms with Crippen LogP contribution in [0.25, 0.3) is 0 Å². The van der Waals surface area contributed by atoms with E-state index in [4.69, 9.17) is 9.84 Å². The summed E-state index contributed by atoms with van der Waals surface area (Å²) in [5.74, 6) is -0.478. The lowest BCUT2D eigenvalue weighted by molar-refractivity contribution is -0.137. The fraction of sp³-hybridized carbons (Fsp3) is 0.846. The number of carbonyl (C=O) groups excluding carboxylic acids is 1. The van der Waals surface area contributed by atoms with E-state index >= 15 is 0 Å². The Bertz CT molecular complexity index is 314. The number of aliphatic carboxylic acids is 1. The van der Waals surface area contributed by atoms with Gasteiger partial charge in [0.25, 0.3) is 0 Å². The monoisotopic (exact) mass is 272 g/mol. The lowest BCUT2D eigenvalue weighted by atomic mass is 10.0. The Balaban J connectivity index is 2.11. The number of rotatable bonds is 7. The number of carboxylic acid groups (broad SMARTS) is 1. The maximum absolute atomic E-state index is 11.7. The molecule has 1 heterocycles. The van der Waals surface area contributed by atoms with E-state index in [-0.39, 0.29) is 18.0 Å². The summed E-state index contributed by atoms with van der Waals surface area (Å²) in [6.07, 6.45) is 2.44. The van der Waals surface area contributed by atoms with Gasteiger partial charge in [0.15, 0.2) is 0 Å². The minimum absolute atomic E-state index is 0.182. The number of nitrogens with one attached hydrogen (secondary N) is 2. The van der Waals surface area contributed by atoms with E-state index in [0.29, 0.717) is 32.1 Å². The summed E-state index contributed by atoms with van der Waals surface area (Å²) < 4.78 is 5.26. The molecule has 6 nitrogen and oxygen atoms in total. The summed E-state index contributed by atoms with van der Waals surface area (Å²) in [5, 5.41) is 14.3. The number of amides is 2. The molecule has 0 spiro atoms. The molecule has 0 aromatic rings. The zero-order chi connectivity index (χ0) is 14.3. The summed E-state index contributed by atoms with van der Waals surface area (Å²) in [6.45, 7) is 5.76. The van der Waals surface area contributed by atoms with E-state index in [0.717, 1.165) is 12.8 Å². The second-order valence-electron chi connectivity index (χ2n) is 5.57. The van der Waals surface area contributed by atoms with Crippen LogP contribution in [0.2, 0.25) is 0 Å². The minimum Gasteiger partial charge on any atom is -0.481 e. The third-order valence-corrected chi connectivity index (χ3v) is 3.41. The molecule has 0 saturated carbocycles. The average Bonchev–Trinajstić information content (AvgIpc) is 2.73. The topological polar surface area (TPSA) is 87.7 Å². The summed E-state index contributed by atoms with van der Waals surface area (Å²) in [6, 6.07) is -0.182. The van der Waals surface area contributed by atoms with Gasteiger partial charge in [-0.1, -0.05) is 6.92 Å². The predicted molar refractivity (Wildman–Crippen MR) is 71.0 cm³/mol. The molecule has 0 aromatic heterocycles. The van der Waals surface area contributed by atoms with Gasteiger partial charge >= 0.3 is 12.0 Å². The molecule has 0 bridgehead atoms. The molecule has 2 unspecified atom stereocenters. The first-order valence-corrected chi connectivity index (χ1v) is 6.77. The molecule has 19 heavy (non-hydrogen) atoms. The van der Waals surface area contributed by atoms with Gasteiger partial charge in [-0.15, -0.1) is 0 Å². The standard InChI is InChI=1S/C13H24N2O4/c1-10(3-4-11(16)17)5-7-14-12(18)15-13(2)6-8-19-9-13/h10H,3-9H2,1-2H3,(H,16,17)(H2,14,15,18). The summed E-state index contributed by atoms with van der Waals surface area (Å²) in [5.41, 5.74) is -0.265. The van der Waals surface area contributed by atoms with Crippen LogP contribution >= 0.6 is 0 Å². The number of carboxylic acids is 1. The predicted octanol–water partition coefficient (Wildman–Crippen LogP) is 1.36. The van der Waals surface area contributed by atoms with Gasteiger partial charge in [0.2, 0.25) is 0 Å². The van der Waals surface area contributed by atoms with E-state index in [2.05, 4.69) is 10.6 Å². The van der Waals surface area contributed by atoms with Gasteiger partial charge < -0.3 is 20.5 Å². The average molecular weight is 272 g/mol. The van der Waals surface area contributed by atoms with Crippen molar-refractivity contribution < 1.29 is 19.4 Å². The van der Waals surface area contributed by atoms with E-state index in [1.807, 2.05) is 13.8 Å². The smallest absolute Gasteiger partial charge is 0.315 e. The largest absolute Gasteiger partial charge is 0.481 e. The van der Waals surface area contributed by atoms with Crippen molar-refractivity contribution in [2.24, 2.45) is 5.92 Å². The first-order chi connectivity index (χ1) is 8.91. The van der Waals surface area contributed by atoms with Crippen molar-refractivity contribution in [3.8, 4) is 0 Å². The van der Waals surface area contributed by atoms with E-state index in [1.165, 1.54) is 0 Å². The Morgan fingerprint density at radius 1 is 1.42 bits per heavy atom. The molecule has 1 fully saturated rings. The minimum atomic E-state index is -0.772. The highest BCUT2D eigenvalue weighted by atomic mass is 16.5. The van der Waals surface area contributed by atoms with Crippen molar-refractivity contribution in [2.75, 3.05) is 19.8 Å². The van der Waals surface area contributed by atoms with Gasteiger partial charge in [-0.2, -0.15) is 0 Å². The molecule has 6 heteroatoms. The second-order valence-corrected chi connectivity index (χ2v) is 5.57. The molecule has 0 aromatic carbocycles. The Morgan fingerprint density at radius 3 is 2.74 bits per heavy atom. The fourth-order valence-electron chi connectivity index (χ4n) is 2.03. The Morgan fingerprint density at radius 2 is 2.16 bits per heavy atom. The SMILES string of the molecule is CC(CCNC(=O)NC1(C)CCOC1)CCC(=O)O. The van der Waals surface area contributed by atoms with Crippen LogP contribution in [0.4, 0.5) is 4.79 Å². The van der Waals surface area contributed by atoms with Gasteiger partial charge in [-0.3, -0.25) is 4.79 Å². The van der Waals surface area contributed by atoms with E-state index in [9.17, 15) is 9.59 Å². The number of hydrogen-bond acceptors (Lipinski definition) is 3. The molecular weight excluding hydrogens is 248 g/mol. The van der Waals surface area contributed by atoms with Crippen molar-refractivity contribution in [1.29, 1.82) is 0 Å². The zero-order valence-corrected chi connectivity index (χ0v) is 11.7. The third-order valence-electron chi connectivity index (χ3n) is 3.41. The number of carbonyl (C=O) groups is 2. The highest BCUT2D eigenvalue weighted by Crippen LogP contribution is 2.17. The van der Waals surface area contributed by atoms with Crippen LogP contribution in [0.5, 0.6) is 0 Å². The zero-order valence-electron chi connectivity index (χ0n) is 11.7. The Hall–Kier alpha value is -1.30. The lowest BCUT2D eigenvalue weighted by Crippen LogP contribution is -2.50. The fourth-order valence-corrected chi connectivity index (χ4v) is 2.03. The normalized spacial score (nSPS) is 23.9. The molecule has 1 aliphatic rings. The van der Waals surface area contributed by atoms with E-state index < -0.39 is 5.97 Å². The quantitative estimate of drug-likeness (QED) is 0.653. The second kappa shape index (κ2) is 7.33. The van der Waals surface area contributed by atoms with Gasteiger partial charge in [-0.05, 0) is 32.1 Å².